The van der Waals surface area contributed by atoms with Gasteiger partial charge < -0.3 is 20.4 Å². The smallest absolute Gasteiger partial charge is 0.314 e. The molecule has 0 amide bonds. The molecule has 0 fully saturated rings. The van der Waals surface area contributed by atoms with E-state index in [0.29, 0.717) is 6.42 Å². The molecule has 0 saturated heterocycles. The van der Waals surface area contributed by atoms with Crippen LogP contribution in [0, 0.1) is 5.92 Å². The van der Waals surface area contributed by atoms with Crippen LogP contribution in [0.15, 0.2) is 48.5 Å². The minimum Gasteiger partial charge on any atom is -0.549 e. The van der Waals surface area contributed by atoms with Crippen molar-refractivity contribution in [3.8, 4) is 11.1 Å². The molecule has 2 aromatic carbocycles. The average Bonchev–Trinajstić information content (AvgIpc) is 3.10. The molecule has 3 rings (SSSR count). The molecule has 0 radical (unpaired) electrons. The standard InChI is InChI=1S/C26H33NO4/c27-17-11-5-3-1-2-4-6-16-23(25(28)29)26(30)31-18-24-21-14-9-7-12-19(21)20-13-8-10-15-22(20)24/h7-10,12-15,23-24H,1-6,11,16-18,27H2,(H,28,29)/t23-/m0/s1. The molecule has 166 valence electrons. The fourth-order valence-electron chi connectivity index (χ4n) is 4.45. The number of rotatable bonds is 13. The third-order valence-corrected chi connectivity index (χ3v) is 6.17. The maximum absolute atomic E-state index is 12.6. The number of esters is 1. The molecule has 0 bridgehead atoms. The van der Waals surface area contributed by atoms with Crippen LogP contribution in [-0.4, -0.2) is 25.1 Å². The number of ether oxygens (including phenoxy) is 1. The number of carboxylic acids is 1. The summed E-state index contributed by atoms with van der Waals surface area (Å²) in [5, 5.41) is 11.6. The number of unbranched alkanes of at least 4 members (excludes halogenated alkanes) is 6. The number of carboxylic acid groups (broad SMARTS) is 1. The van der Waals surface area contributed by atoms with Gasteiger partial charge in [-0.25, -0.2) is 0 Å². The first-order chi connectivity index (χ1) is 15.1. The number of fused-ring (bicyclic) bond motifs is 3. The van der Waals surface area contributed by atoms with Gasteiger partial charge in [0, 0.05) is 5.92 Å². The van der Waals surface area contributed by atoms with Crippen LogP contribution < -0.4 is 10.8 Å². The van der Waals surface area contributed by atoms with Crippen LogP contribution >= 0.6 is 0 Å². The van der Waals surface area contributed by atoms with E-state index in [9.17, 15) is 14.7 Å². The lowest BCUT2D eigenvalue weighted by molar-refractivity contribution is -0.368. The second kappa shape index (κ2) is 11.7. The summed E-state index contributed by atoms with van der Waals surface area (Å²) < 4.78 is 5.52. The predicted octanol–water partition coefficient (Wildman–Crippen LogP) is 3.07. The summed E-state index contributed by atoms with van der Waals surface area (Å²) in [6.07, 6.45) is 7.63. The molecule has 2 aromatic rings. The SMILES string of the molecule is [NH3+]CCCCCCCCC[C@@H](C(=O)[O-])C(=O)OCC1c2ccccc2-c2ccccc21. The van der Waals surface area contributed by atoms with E-state index >= 15 is 0 Å². The zero-order chi connectivity index (χ0) is 22.1. The Balaban J connectivity index is 1.51. The molecule has 0 aromatic heterocycles. The molecule has 3 N–H and O–H groups in total. The molecular weight excluding hydrogens is 390 g/mol. The Bertz CT molecular complexity index is 834. The molecule has 31 heavy (non-hydrogen) atoms. The largest absolute Gasteiger partial charge is 0.549 e. The predicted molar refractivity (Wildman–Crippen MR) is 118 cm³/mol. The van der Waals surface area contributed by atoms with Crippen LogP contribution in [0.5, 0.6) is 0 Å². The van der Waals surface area contributed by atoms with Gasteiger partial charge in [-0.1, -0.05) is 80.6 Å². The van der Waals surface area contributed by atoms with Gasteiger partial charge >= 0.3 is 5.97 Å². The summed E-state index contributed by atoms with van der Waals surface area (Å²) in [6, 6.07) is 16.2. The first-order valence-corrected chi connectivity index (χ1v) is 11.5. The summed E-state index contributed by atoms with van der Waals surface area (Å²) >= 11 is 0. The maximum atomic E-state index is 12.6. The quantitative estimate of drug-likeness (QED) is 0.304. The first kappa shape index (κ1) is 23.0. The van der Waals surface area contributed by atoms with Gasteiger partial charge in [-0.05, 0) is 41.5 Å². The van der Waals surface area contributed by atoms with E-state index in [2.05, 4.69) is 17.9 Å². The van der Waals surface area contributed by atoms with Crippen LogP contribution in [0.4, 0.5) is 0 Å². The van der Waals surface area contributed by atoms with Crippen LogP contribution in [0.25, 0.3) is 11.1 Å². The van der Waals surface area contributed by atoms with Crippen molar-refractivity contribution in [1.29, 1.82) is 0 Å². The van der Waals surface area contributed by atoms with Crippen molar-refractivity contribution >= 4 is 11.9 Å². The number of quaternary nitrogens is 1. The summed E-state index contributed by atoms with van der Waals surface area (Å²) in [5.41, 5.74) is 8.35. The number of hydrogen-bond acceptors (Lipinski definition) is 4. The minimum atomic E-state index is -1.34. The van der Waals surface area contributed by atoms with Gasteiger partial charge in [0.05, 0.1) is 18.4 Å². The highest BCUT2D eigenvalue weighted by Gasteiger charge is 2.30. The lowest BCUT2D eigenvalue weighted by Gasteiger charge is -2.19. The molecule has 1 atom stereocenters. The Labute approximate surface area is 184 Å². The van der Waals surface area contributed by atoms with Crippen molar-refractivity contribution in [2.75, 3.05) is 13.2 Å². The second-order valence-electron chi connectivity index (χ2n) is 8.35. The molecule has 1 aliphatic rings. The highest BCUT2D eigenvalue weighted by Crippen LogP contribution is 2.44. The van der Waals surface area contributed by atoms with Crippen molar-refractivity contribution in [3.63, 3.8) is 0 Å². The van der Waals surface area contributed by atoms with Crippen molar-refractivity contribution in [2.45, 2.75) is 57.3 Å². The molecule has 0 saturated carbocycles. The Hall–Kier alpha value is -2.66. The Kier molecular flexibility index (Phi) is 8.65. The summed E-state index contributed by atoms with van der Waals surface area (Å²) in [7, 11) is 0. The van der Waals surface area contributed by atoms with Crippen molar-refractivity contribution in [1.82, 2.24) is 0 Å². The summed E-state index contributed by atoms with van der Waals surface area (Å²) in [6.45, 7) is 1.12. The normalized spacial score (nSPS) is 13.5. The van der Waals surface area contributed by atoms with Gasteiger partial charge in [-0.3, -0.25) is 4.79 Å². The van der Waals surface area contributed by atoms with Crippen LogP contribution in [0.3, 0.4) is 0 Å². The number of benzene rings is 2. The van der Waals surface area contributed by atoms with Gasteiger partial charge in [0.25, 0.3) is 0 Å². The Morgan fingerprint density at radius 3 is 1.90 bits per heavy atom. The summed E-state index contributed by atoms with van der Waals surface area (Å²) in [4.78, 5) is 24.1. The van der Waals surface area contributed by atoms with Gasteiger partial charge in [0.2, 0.25) is 0 Å². The van der Waals surface area contributed by atoms with E-state index in [4.69, 9.17) is 4.74 Å². The van der Waals surface area contributed by atoms with Crippen LogP contribution in [0.1, 0.15) is 68.4 Å². The van der Waals surface area contributed by atoms with E-state index in [1.165, 1.54) is 12.8 Å². The Morgan fingerprint density at radius 1 is 0.839 bits per heavy atom. The number of aliphatic carboxylic acids is 1. The zero-order valence-corrected chi connectivity index (χ0v) is 18.2. The highest BCUT2D eigenvalue weighted by atomic mass is 16.5. The molecule has 0 aliphatic heterocycles. The Morgan fingerprint density at radius 2 is 1.35 bits per heavy atom. The lowest BCUT2D eigenvalue weighted by atomic mass is 9.97. The maximum Gasteiger partial charge on any atom is 0.314 e. The molecule has 0 heterocycles. The zero-order valence-electron chi connectivity index (χ0n) is 18.2. The number of carbonyl (C=O) groups is 2. The van der Waals surface area contributed by atoms with Crippen LogP contribution in [-0.2, 0) is 14.3 Å². The summed E-state index contributed by atoms with van der Waals surface area (Å²) in [5.74, 6) is -3.29. The van der Waals surface area contributed by atoms with Gasteiger partial charge in [-0.15, -0.1) is 0 Å². The number of carbonyl (C=O) groups excluding carboxylic acids is 2. The topological polar surface area (TPSA) is 94.1 Å². The van der Waals surface area contributed by atoms with Gasteiger partial charge in [0.1, 0.15) is 6.61 Å². The van der Waals surface area contributed by atoms with Crippen LogP contribution in [0.2, 0.25) is 0 Å². The van der Waals surface area contributed by atoms with Gasteiger partial charge in [-0.2, -0.15) is 0 Å². The third-order valence-electron chi connectivity index (χ3n) is 6.17. The van der Waals surface area contributed by atoms with Gasteiger partial charge in [0.15, 0.2) is 0 Å². The van der Waals surface area contributed by atoms with Crippen molar-refractivity contribution < 1.29 is 25.2 Å². The first-order valence-electron chi connectivity index (χ1n) is 11.5. The third kappa shape index (κ3) is 5.95. The fraction of sp³-hybridized carbons (Fsp3) is 0.462. The van der Waals surface area contributed by atoms with E-state index in [0.717, 1.165) is 54.5 Å². The van der Waals surface area contributed by atoms with E-state index in [-0.39, 0.29) is 18.9 Å². The molecular formula is C26H33NO4. The molecule has 0 spiro atoms. The molecule has 1 aliphatic carbocycles. The van der Waals surface area contributed by atoms with Crippen molar-refractivity contribution in [2.24, 2.45) is 5.92 Å². The van der Waals surface area contributed by atoms with E-state index < -0.39 is 17.9 Å². The minimum absolute atomic E-state index is 0.0722. The van der Waals surface area contributed by atoms with E-state index in [1.54, 1.807) is 0 Å². The molecule has 0 unspecified atom stereocenters. The van der Waals surface area contributed by atoms with E-state index in [1.807, 2.05) is 36.4 Å². The van der Waals surface area contributed by atoms with Crippen molar-refractivity contribution in [3.05, 3.63) is 59.7 Å². The highest BCUT2D eigenvalue weighted by molar-refractivity contribution is 5.93. The fourth-order valence-corrected chi connectivity index (χ4v) is 4.45. The molecule has 5 nitrogen and oxygen atoms in total. The number of hydrogen-bond donors (Lipinski definition) is 1. The molecule has 5 heteroatoms. The average molecular weight is 424 g/mol. The lowest BCUT2D eigenvalue weighted by Crippen LogP contribution is -2.50. The monoisotopic (exact) mass is 423 g/mol. The second-order valence-corrected chi connectivity index (χ2v) is 8.35.